The molecule has 1 saturated heterocycles. The maximum atomic E-state index is 12.9. The van der Waals surface area contributed by atoms with E-state index < -0.39 is 0 Å². The molecule has 0 radical (unpaired) electrons. The molecule has 2 unspecified atom stereocenters. The topological polar surface area (TPSA) is 49.4 Å². The normalized spacial score (nSPS) is 30.2. The Labute approximate surface area is 128 Å². The first-order valence-corrected chi connectivity index (χ1v) is 8.41. The summed E-state index contributed by atoms with van der Waals surface area (Å²) in [6, 6.07) is -0.0566. The van der Waals surface area contributed by atoms with Gasteiger partial charge in [-0.15, -0.1) is 0 Å². The predicted molar refractivity (Wildman–Crippen MR) is 83.8 cm³/mol. The van der Waals surface area contributed by atoms with E-state index in [9.17, 15) is 9.59 Å². The summed E-state index contributed by atoms with van der Waals surface area (Å²) < 4.78 is 0. The third-order valence-corrected chi connectivity index (χ3v) is 5.03. The zero-order chi connectivity index (χ0) is 15.6. The smallest absolute Gasteiger partial charge is 0.245 e. The summed E-state index contributed by atoms with van der Waals surface area (Å²) in [4.78, 5) is 26.9. The Morgan fingerprint density at radius 1 is 1.29 bits per heavy atom. The van der Waals surface area contributed by atoms with Crippen LogP contribution in [0.1, 0.15) is 66.2 Å². The SMILES string of the molecule is CC(C)CC1NC(=O)CCN(C2CCCCC2(C)C)C1=O. The van der Waals surface area contributed by atoms with Crippen molar-refractivity contribution in [1.82, 2.24) is 10.2 Å². The summed E-state index contributed by atoms with van der Waals surface area (Å²) in [5.41, 5.74) is 0.156. The van der Waals surface area contributed by atoms with Crippen molar-refractivity contribution in [2.24, 2.45) is 11.3 Å². The summed E-state index contributed by atoms with van der Waals surface area (Å²) >= 11 is 0. The van der Waals surface area contributed by atoms with Crippen LogP contribution >= 0.6 is 0 Å². The highest BCUT2D eigenvalue weighted by Crippen LogP contribution is 2.39. The molecule has 0 bridgehead atoms. The number of nitrogens with one attached hydrogen (secondary N) is 1. The van der Waals surface area contributed by atoms with Gasteiger partial charge in [0.15, 0.2) is 0 Å². The lowest BCUT2D eigenvalue weighted by molar-refractivity contribution is -0.139. The van der Waals surface area contributed by atoms with Crippen LogP contribution in [-0.2, 0) is 9.59 Å². The Morgan fingerprint density at radius 3 is 2.62 bits per heavy atom. The van der Waals surface area contributed by atoms with Crippen LogP contribution in [0.3, 0.4) is 0 Å². The van der Waals surface area contributed by atoms with Gasteiger partial charge in [-0.3, -0.25) is 9.59 Å². The molecule has 2 amide bonds. The van der Waals surface area contributed by atoms with Gasteiger partial charge in [0.2, 0.25) is 11.8 Å². The van der Waals surface area contributed by atoms with E-state index in [0.29, 0.717) is 18.9 Å². The standard InChI is InChI=1S/C17H30N2O2/c1-12(2)11-13-16(21)19(10-8-15(20)18-13)14-7-5-6-9-17(14,3)4/h12-14H,5-11H2,1-4H3,(H,18,20). The summed E-state index contributed by atoms with van der Waals surface area (Å²) in [6.07, 6.45) is 5.84. The largest absolute Gasteiger partial charge is 0.344 e. The molecule has 0 aromatic carbocycles. The van der Waals surface area contributed by atoms with E-state index in [1.54, 1.807) is 0 Å². The molecular formula is C17H30N2O2. The van der Waals surface area contributed by atoms with Gasteiger partial charge in [0, 0.05) is 19.0 Å². The summed E-state index contributed by atoms with van der Waals surface area (Å²) in [6.45, 7) is 9.30. The van der Waals surface area contributed by atoms with E-state index in [-0.39, 0.29) is 29.3 Å². The van der Waals surface area contributed by atoms with Crippen molar-refractivity contribution in [3.05, 3.63) is 0 Å². The Balaban J connectivity index is 2.20. The molecule has 2 fully saturated rings. The maximum absolute atomic E-state index is 12.9. The fourth-order valence-corrected chi connectivity index (χ4v) is 3.85. The number of amides is 2. The second-order valence-corrected chi connectivity index (χ2v) is 7.78. The Bertz CT molecular complexity index is 404. The van der Waals surface area contributed by atoms with E-state index >= 15 is 0 Å². The zero-order valence-corrected chi connectivity index (χ0v) is 13.9. The van der Waals surface area contributed by atoms with Crippen LogP contribution in [0.2, 0.25) is 0 Å². The van der Waals surface area contributed by atoms with Crippen LogP contribution in [0.5, 0.6) is 0 Å². The number of nitrogens with zero attached hydrogens (tertiary/aromatic N) is 1. The predicted octanol–water partition coefficient (Wildman–Crippen LogP) is 2.72. The van der Waals surface area contributed by atoms with Gasteiger partial charge in [-0.1, -0.05) is 40.5 Å². The van der Waals surface area contributed by atoms with E-state index in [1.165, 1.54) is 12.8 Å². The minimum Gasteiger partial charge on any atom is -0.344 e. The summed E-state index contributed by atoms with van der Waals surface area (Å²) in [7, 11) is 0. The molecule has 21 heavy (non-hydrogen) atoms. The molecule has 1 heterocycles. The quantitative estimate of drug-likeness (QED) is 0.870. The molecule has 1 aliphatic carbocycles. The van der Waals surface area contributed by atoms with Crippen molar-refractivity contribution in [1.29, 1.82) is 0 Å². The van der Waals surface area contributed by atoms with Crippen molar-refractivity contribution in [3.63, 3.8) is 0 Å². The molecule has 4 nitrogen and oxygen atoms in total. The molecule has 1 aliphatic heterocycles. The molecule has 4 heteroatoms. The minimum atomic E-state index is -0.335. The average Bonchev–Trinajstić information content (AvgIpc) is 2.50. The van der Waals surface area contributed by atoms with Gasteiger partial charge >= 0.3 is 0 Å². The lowest BCUT2D eigenvalue weighted by atomic mass is 9.72. The third-order valence-electron chi connectivity index (χ3n) is 5.03. The van der Waals surface area contributed by atoms with Crippen LogP contribution in [0, 0.1) is 11.3 Å². The van der Waals surface area contributed by atoms with E-state index in [4.69, 9.17) is 0 Å². The van der Waals surface area contributed by atoms with Crippen molar-refractivity contribution in [3.8, 4) is 0 Å². The summed E-state index contributed by atoms with van der Waals surface area (Å²) in [5.74, 6) is 0.554. The van der Waals surface area contributed by atoms with Gasteiger partial charge in [0.25, 0.3) is 0 Å². The number of hydrogen-bond acceptors (Lipinski definition) is 2. The molecule has 0 spiro atoms. The van der Waals surface area contributed by atoms with Crippen LogP contribution in [0.4, 0.5) is 0 Å². The molecule has 0 aromatic heterocycles. The fourth-order valence-electron chi connectivity index (χ4n) is 3.85. The van der Waals surface area contributed by atoms with Gasteiger partial charge < -0.3 is 10.2 Å². The first kappa shape index (κ1) is 16.3. The van der Waals surface area contributed by atoms with Gasteiger partial charge in [0.1, 0.15) is 6.04 Å². The molecule has 1 N–H and O–H groups in total. The monoisotopic (exact) mass is 294 g/mol. The Kier molecular flexibility index (Phi) is 4.95. The molecule has 2 rings (SSSR count). The molecule has 0 aromatic rings. The van der Waals surface area contributed by atoms with Gasteiger partial charge in [-0.05, 0) is 30.6 Å². The van der Waals surface area contributed by atoms with Crippen molar-refractivity contribution < 1.29 is 9.59 Å². The van der Waals surface area contributed by atoms with Crippen LogP contribution in [0.25, 0.3) is 0 Å². The van der Waals surface area contributed by atoms with Crippen molar-refractivity contribution in [2.45, 2.75) is 78.3 Å². The van der Waals surface area contributed by atoms with Crippen molar-refractivity contribution >= 4 is 11.8 Å². The highest BCUT2D eigenvalue weighted by atomic mass is 16.2. The third kappa shape index (κ3) is 3.78. The lowest BCUT2D eigenvalue weighted by Gasteiger charge is -2.45. The molecule has 1 saturated carbocycles. The van der Waals surface area contributed by atoms with E-state index in [0.717, 1.165) is 19.3 Å². The van der Waals surface area contributed by atoms with E-state index in [1.807, 2.05) is 4.90 Å². The van der Waals surface area contributed by atoms with Crippen LogP contribution < -0.4 is 5.32 Å². The zero-order valence-electron chi connectivity index (χ0n) is 13.9. The maximum Gasteiger partial charge on any atom is 0.245 e. The molecule has 120 valence electrons. The first-order chi connectivity index (χ1) is 9.81. The number of rotatable bonds is 3. The molecule has 2 atom stereocenters. The Hall–Kier alpha value is -1.06. The lowest BCUT2D eigenvalue weighted by Crippen LogP contribution is -2.54. The van der Waals surface area contributed by atoms with Gasteiger partial charge in [-0.25, -0.2) is 0 Å². The van der Waals surface area contributed by atoms with Gasteiger partial charge in [-0.2, -0.15) is 0 Å². The molecular weight excluding hydrogens is 264 g/mol. The highest BCUT2D eigenvalue weighted by molar-refractivity contribution is 5.90. The number of carbonyl (C=O) groups is 2. The molecule has 2 aliphatic rings. The van der Waals surface area contributed by atoms with Gasteiger partial charge in [0.05, 0.1) is 0 Å². The van der Waals surface area contributed by atoms with Crippen LogP contribution in [-0.4, -0.2) is 35.3 Å². The Morgan fingerprint density at radius 2 is 2.00 bits per heavy atom. The highest BCUT2D eigenvalue weighted by Gasteiger charge is 2.41. The first-order valence-electron chi connectivity index (χ1n) is 8.41. The summed E-state index contributed by atoms with van der Waals surface area (Å²) in [5, 5.41) is 2.93. The van der Waals surface area contributed by atoms with Crippen molar-refractivity contribution in [2.75, 3.05) is 6.54 Å². The van der Waals surface area contributed by atoms with Crippen LogP contribution in [0.15, 0.2) is 0 Å². The second kappa shape index (κ2) is 6.37. The second-order valence-electron chi connectivity index (χ2n) is 7.78. The average molecular weight is 294 g/mol. The minimum absolute atomic E-state index is 0.0186. The number of hydrogen-bond donors (Lipinski definition) is 1. The van der Waals surface area contributed by atoms with E-state index in [2.05, 4.69) is 33.0 Å². The number of carbonyl (C=O) groups excluding carboxylic acids is 2. The fraction of sp³-hybridized carbons (Fsp3) is 0.882.